The van der Waals surface area contributed by atoms with Crippen molar-refractivity contribution >= 4 is 22.4 Å². The van der Waals surface area contributed by atoms with E-state index in [1.165, 1.54) is 11.6 Å². The molecule has 1 aromatic rings. The molecule has 0 N–H and O–H groups in total. The van der Waals surface area contributed by atoms with Gasteiger partial charge in [0.15, 0.2) is 0 Å². The molecule has 0 saturated heterocycles. The lowest BCUT2D eigenvalue weighted by molar-refractivity contribution is -0.107. The minimum absolute atomic E-state index is 0.432. The molecule has 68 valence electrons. The van der Waals surface area contributed by atoms with Gasteiger partial charge in [0, 0.05) is 6.08 Å². The maximum absolute atomic E-state index is 10.6. The lowest BCUT2D eigenvalue weighted by Gasteiger charge is -2.00. The highest BCUT2D eigenvalue weighted by atomic mass is 35.5. The fourth-order valence-corrected chi connectivity index (χ4v) is 1.23. The van der Waals surface area contributed by atoms with E-state index in [0.717, 1.165) is 11.1 Å². The quantitative estimate of drug-likeness (QED) is 0.522. The van der Waals surface area contributed by atoms with Gasteiger partial charge in [-0.3, -0.25) is 4.79 Å². The molecule has 1 rings (SSSR count). The standard InChI is InChI=1S/C11H11ClO/c1-8-3-5-10(6-4-8)9(2)7-11(12)13/h3-7H,1-2H3/b9-7+. The average molecular weight is 195 g/mol. The van der Waals surface area contributed by atoms with E-state index in [4.69, 9.17) is 11.6 Å². The fourth-order valence-electron chi connectivity index (χ4n) is 1.07. The minimum atomic E-state index is -0.432. The molecule has 0 amide bonds. The molecule has 0 aromatic heterocycles. The summed E-state index contributed by atoms with van der Waals surface area (Å²) in [6.45, 7) is 3.89. The highest BCUT2D eigenvalue weighted by Crippen LogP contribution is 2.14. The molecule has 0 spiro atoms. The number of carbonyl (C=O) groups excluding carboxylic acids is 1. The molecule has 0 unspecified atom stereocenters. The third-order valence-corrected chi connectivity index (χ3v) is 1.95. The number of benzene rings is 1. The van der Waals surface area contributed by atoms with Gasteiger partial charge in [-0.1, -0.05) is 29.8 Å². The first-order chi connectivity index (χ1) is 6.09. The van der Waals surface area contributed by atoms with Crippen molar-refractivity contribution in [3.63, 3.8) is 0 Å². The molecule has 0 radical (unpaired) electrons. The number of carbonyl (C=O) groups is 1. The zero-order chi connectivity index (χ0) is 9.84. The molecule has 1 nitrogen and oxygen atoms in total. The van der Waals surface area contributed by atoms with Crippen LogP contribution in [0, 0.1) is 6.92 Å². The van der Waals surface area contributed by atoms with Gasteiger partial charge in [-0.25, -0.2) is 0 Å². The van der Waals surface area contributed by atoms with E-state index in [1.807, 2.05) is 38.1 Å². The first-order valence-corrected chi connectivity index (χ1v) is 4.42. The number of hydrogen-bond acceptors (Lipinski definition) is 1. The van der Waals surface area contributed by atoms with Gasteiger partial charge in [0.2, 0.25) is 5.24 Å². The number of allylic oxidation sites excluding steroid dienone is 2. The Kier molecular flexibility index (Phi) is 3.26. The van der Waals surface area contributed by atoms with E-state index in [0.29, 0.717) is 0 Å². The largest absolute Gasteiger partial charge is 0.276 e. The summed E-state index contributed by atoms with van der Waals surface area (Å²) in [5.74, 6) is 0. The van der Waals surface area contributed by atoms with Crippen LogP contribution in [-0.2, 0) is 4.79 Å². The highest BCUT2D eigenvalue weighted by molar-refractivity contribution is 6.66. The summed E-state index contributed by atoms with van der Waals surface area (Å²) in [7, 11) is 0. The van der Waals surface area contributed by atoms with Gasteiger partial charge in [-0.05, 0) is 36.6 Å². The van der Waals surface area contributed by atoms with Gasteiger partial charge in [-0.2, -0.15) is 0 Å². The molecule has 0 aliphatic rings. The predicted octanol–water partition coefficient (Wildman–Crippen LogP) is 3.16. The molecule has 2 heteroatoms. The lowest BCUT2D eigenvalue weighted by atomic mass is 10.1. The molecule has 0 bridgehead atoms. The Balaban J connectivity index is 2.96. The Morgan fingerprint density at radius 2 is 1.85 bits per heavy atom. The van der Waals surface area contributed by atoms with E-state index in [-0.39, 0.29) is 0 Å². The van der Waals surface area contributed by atoms with E-state index in [2.05, 4.69) is 0 Å². The molecular formula is C11H11ClO. The molecule has 13 heavy (non-hydrogen) atoms. The summed E-state index contributed by atoms with van der Waals surface area (Å²) in [5.41, 5.74) is 3.12. The number of rotatable bonds is 2. The van der Waals surface area contributed by atoms with Gasteiger partial charge in [0.05, 0.1) is 0 Å². The zero-order valence-electron chi connectivity index (χ0n) is 7.67. The van der Waals surface area contributed by atoms with Gasteiger partial charge in [-0.15, -0.1) is 0 Å². The fraction of sp³-hybridized carbons (Fsp3) is 0.182. The van der Waals surface area contributed by atoms with Crippen LogP contribution in [0.5, 0.6) is 0 Å². The van der Waals surface area contributed by atoms with Crippen LogP contribution in [0.25, 0.3) is 5.57 Å². The summed E-state index contributed by atoms with van der Waals surface area (Å²) in [6.07, 6.45) is 1.42. The van der Waals surface area contributed by atoms with Gasteiger partial charge in [0.1, 0.15) is 0 Å². The molecule has 0 heterocycles. The summed E-state index contributed by atoms with van der Waals surface area (Å²) in [5, 5.41) is -0.432. The second-order valence-corrected chi connectivity index (χ2v) is 3.37. The van der Waals surface area contributed by atoms with Gasteiger partial charge < -0.3 is 0 Å². The predicted molar refractivity (Wildman–Crippen MR) is 55.7 cm³/mol. The van der Waals surface area contributed by atoms with Crippen LogP contribution in [0.15, 0.2) is 30.3 Å². The molecule has 1 aromatic carbocycles. The van der Waals surface area contributed by atoms with Crippen LogP contribution in [-0.4, -0.2) is 5.24 Å². The molecule has 0 saturated carbocycles. The molecular weight excluding hydrogens is 184 g/mol. The van der Waals surface area contributed by atoms with Gasteiger partial charge in [0.25, 0.3) is 0 Å². The van der Waals surface area contributed by atoms with Crippen molar-refractivity contribution in [1.82, 2.24) is 0 Å². The number of halogens is 1. The first kappa shape index (κ1) is 10.0. The van der Waals surface area contributed by atoms with E-state index < -0.39 is 5.24 Å². The Morgan fingerprint density at radius 1 is 1.31 bits per heavy atom. The van der Waals surface area contributed by atoms with E-state index in [1.54, 1.807) is 0 Å². The maximum atomic E-state index is 10.6. The third-order valence-electron chi connectivity index (χ3n) is 1.84. The summed E-state index contributed by atoms with van der Waals surface area (Å²) in [6, 6.07) is 7.96. The normalized spacial score (nSPS) is 11.5. The van der Waals surface area contributed by atoms with Crippen molar-refractivity contribution in [1.29, 1.82) is 0 Å². The van der Waals surface area contributed by atoms with Crippen LogP contribution in [0.1, 0.15) is 18.1 Å². The Labute approximate surface area is 83.0 Å². The average Bonchev–Trinajstić information content (AvgIpc) is 2.04. The monoisotopic (exact) mass is 194 g/mol. The van der Waals surface area contributed by atoms with Crippen molar-refractivity contribution in [2.75, 3.05) is 0 Å². The summed E-state index contributed by atoms with van der Waals surface area (Å²) in [4.78, 5) is 10.6. The topological polar surface area (TPSA) is 17.1 Å². The van der Waals surface area contributed by atoms with E-state index in [9.17, 15) is 4.79 Å². The lowest BCUT2D eigenvalue weighted by Crippen LogP contribution is -1.84. The third kappa shape index (κ3) is 3.03. The second-order valence-electron chi connectivity index (χ2n) is 3.00. The molecule has 0 aliphatic heterocycles. The van der Waals surface area contributed by atoms with Crippen LogP contribution < -0.4 is 0 Å². The van der Waals surface area contributed by atoms with Crippen LogP contribution >= 0.6 is 11.6 Å². The van der Waals surface area contributed by atoms with Crippen LogP contribution in [0.4, 0.5) is 0 Å². The number of aryl methyl sites for hydroxylation is 1. The van der Waals surface area contributed by atoms with Crippen LogP contribution in [0.3, 0.4) is 0 Å². The second kappa shape index (κ2) is 4.24. The highest BCUT2D eigenvalue weighted by Gasteiger charge is 1.96. The Bertz CT molecular complexity index is 336. The SMILES string of the molecule is C/C(=C\C(=O)Cl)c1ccc(C)cc1. The van der Waals surface area contributed by atoms with Crippen molar-refractivity contribution < 1.29 is 4.79 Å². The zero-order valence-corrected chi connectivity index (χ0v) is 8.43. The maximum Gasteiger partial charge on any atom is 0.245 e. The van der Waals surface area contributed by atoms with Gasteiger partial charge >= 0.3 is 0 Å². The van der Waals surface area contributed by atoms with Crippen molar-refractivity contribution in [3.8, 4) is 0 Å². The van der Waals surface area contributed by atoms with E-state index >= 15 is 0 Å². The molecule has 0 atom stereocenters. The Morgan fingerprint density at radius 3 is 2.31 bits per heavy atom. The summed E-state index contributed by atoms with van der Waals surface area (Å²) < 4.78 is 0. The minimum Gasteiger partial charge on any atom is -0.276 e. The van der Waals surface area contributed by atoms with Crippen molar-refractivity contribution in [3.05, 3.63) is 41.5 Å². The molecule has 0 fully saturated rings. The smallest absolute Gasteiger partial charge is 0.245 e. The number of hydrogen-bond donors (Lipinski definition) is 0. The summed E-state index contributed by atoms with van der Waals surface area (Å²) >= 11 is 5.24. The molecule has 0 aliphatic carbocycles. The van der Waals surface area contributed by atoms with Crippen molar-refractivity contribution in [2.24, 2.45) is 0 Å². The van der Waals surface area contributed by atoms with Crippen molar-refractivity contribution in [2.45, 2.75) is 13.8 Å². The van der Waals surface area contributed by atoms with Crippen LogP contribution in [0.2, 0.25) is 0 Å². The first-order valence-electron chi connectivity index (χ1n) is 4.04. The Hall–Kier alpha value is -1.08.